The first kappa shape index (κ1) is 14.6. The highest BCUT2D eigenvalue weighted by Gasteiger charge is 2.35. The average Bonchev–Trinajstić information content (AvgIpc) is 2.99. The minimum atomic E-state index is 0.471. The summed E-state index contributed by atoms with van der Waals surface area (Å²) in [6, 6.07) is 10.6. The van der Waals surface area contributed by atoms with Crippen LogP contribution in [0.15, 0.2) is 30.3 Å². The van der Waals surface area contributed by atoms with E-state index in [1.807, 2.05) is 6.07 Å². The van der Waals surface area contributed by atoms with E-state index in [9.17, 15) is 0 Å². The fourth-order valence-corrected chi connectivity index (χ4v) is 3.65. The lowest BCUT2D eigenvalue weighted by Gasteiger charge is -2.28. The molecule has 2 heterocycles. The van der Waals surface area contributed by atoms with Crippen molar-refractivity contribution in [1.82, 2.24) is 4.98 Å². The molecule has 0 saturated carbocycles. The quantitative estimate of drug-likeness (QED) is 0.740. The van der Waals surface area contributed by atoms with Gasteiger partial charge in [0.1, 0.15) is 0 Å². The number of hydrogen-bond acceptors (Lipinski definition) is 2. The predicted octanol–water partition coefficient (Wildman–Crippen LogP) is 4.99. The van der Waals surface area contributed by atoms with Gasteiger partial charge in [-0.2, -0.15) is 0 Å². The topological polar surface area (TPSA) is 16.1 Å². The molecule has 0 amide bonds. The maximum absolute atomic E-state index is 6.04. The van der Waals surface area contributed by atoms with Crippen molar-refractivity contribution in [3.05, 3.63) is 36.0 Å². The molecule has 112 valence electrons. The first-order chi connectivity index (χ1) is 10.2. The van der Waals surface area contributed by atoms with Gasteiger partial charge in [0.15, 0.2) is 0 Å². The summed E-state index contributed by atoms with van der Waals surface area (Å²) in [7, 11) is 0. The van der Waals surface area contributed by atoms with Gasteiger partial charge >= 0.3 is 0 Å². The molecule has 21 heavy (non-hydrogen) atoms. The van der Waals surface area contributed by atoms with E-state index in [-0.39, 0.29) is 0 Å². The second kappa shape index (κ2) is 5.84. The molecule has 1 aromatic carbocycles. The average molecular weight is 303 g/mol. The smallest absolute Gasteiger partial charge is 0.0726 e. The number of alkyl halides is 1. The van der Waals surface area contributed by atoms with Gasteiger partial charge < -0.3 is 4.90 Å². The Labute approximate surface area is 132 Å². The molecular weight excluding hydrogens is 280 g/mol. The molecule has 1 aliphatic rings. The summed E-state index contributed by atoms with van der Waals surface area (Å²) < 4.78 is 0. The maximum Gasteiger partial charge on any atom is 0.0726 e. The Morgan fingerprint density at radius 3 is 2.67 bits per heavy atom. The molecule has 3 rings (SSSR count). The lowest BCUT2D eigenvalue weighted by atomic mass is 9.82. The number of aromatic nitrogens is 1. The van der Waals surface area contributed by atoms with E-state index in [1.165, 1.54) is 30.3 Å². The molecule has 1 aromatic heterocycles. The van der Waals surface area contributed by atoms with Crippen LogP contribution in [0, 0.1) is 5.41 Å². The Bertz CT molecular complexity index is 634. The van der Waals surface area contributed by atoms with Gasteiger partial charge in [0.05, 0.1) is 17.1 Å². The molecule has 1 saturated heterocycles. The van der Waals surface area contributed by atoms with Gasteiger partial charge in [-0.05, 0) is 36.8 Å². The van der Waals surface area contributed by atoms with E-state index in [4.69, 9.17) is 11.6 Å². The summed E-state index contributed by atoms with van der Waals surface area (Å²) in [5.74, 6) is 0.471. The van der Waals surface area contributed by atoms with Crippen LogP contribution >= 0.6 is 11.6 Å². The van der Waals surface area contributed by atoms with Crippen LogP contribution in [0.5, 0.6) is 0 Å². The second-order valence-electron chi connectivity index (χ2n) is 6.16. The van der Waals surface area contributed by atoms with Crippen molar-refractivity contribution < 1.29 is 0 Å². The molecule has 0 spiro atoms. The number of fused-ring (bicyclic) bond motifs is 1. The highest BCUT2D eigenvalue weighted by atomic mass is 35.5. The Morgan fingerprint density at radius 2 is 2.00 bits per heavy atom. The number of hydrogen-bond donors (Lipinski definition) is 0. The van der Waals surface area contributed by atoms with Crippen LogP contribution in [0.1, 0.15) is 38.8 Å². The minimum absolute atomic E-state index is 0.471. The Kier molecular flexibility index (Phi) is 4.08. The van der Waals surface area contributed by atoms with Gasteiger partial charge in [-0.3, -0.25) is 4.98 Å². The van der Waals surface area contributed by atoms with Crippen molar-refractivity contribution in [2.75, 3.05) is 18.0 Å². The molecule has 0 radical (unpaired) electrons. The molecule has 0 N–H and O–H groups in total. The molecule has 0 atom stereocenters. The zero-order chi connectivity index (χ0) is 14.9. The van der Waals surface area contributed by atoms with Gasteiger partial charge in [0, 0.05) is 24.2 Å². The number of pyridine rings is 1. The maximum atomic E-state index is 6.04. The summed E-state index contributed by atoms with van der Waals surface area (Å²) in [6.07, 6.45) is 3.80. The SMILES string of the molecule is CCC1(CC)CCN(c2cc(CCl)nc3ccccc23)C1. The van der Waals surface area contributed by atoms with Crippen molar-refractivity contribution in [2.45, 2.75) is 39.0 Å². The number of para-hydroxylation sites is 1. The number of anilines is 1. The van der Waals surface area contributed by atoms with Gasteiger partial charge in [-0.1, -0.05) is 32.0 Å². The molecule has 2 aromatic rings. The standard InChI is InChI=1S/C18H23ClN2/c1-3-18(4-2)9-10-21(13-18)17-11-14(12-19)20-16-8-6-5-7-15(16)17/h5-8,11H,3-4,9-10,12-13H2,1-2H3. The first-order valence-electron chi connectivity index (χ1n) is 7.91. The van der Waals surface area contributed by atoms with Crippen molar-refractivity contribution in [2.24, 2.45) is 5.41 Å². The van der Waals surface area contributed by atoms with Crippen molar-refractivity contribution in [1.29, 1.82) is 0 Å². The molecule has 1 aliphatic heterocycles. The van der Waals surface area contributed by atoms with Crippen molar-refractivity contribution in [3.63, 3.8) is 0 Å². The van der Waals surface area contributed by atoms with E-state index < -0.39 is 0 Å². The fraction of sp³-hybridized carbons (Fsp3) is 0.500. The largest absolute Gasteiger partial charge is 0.370 e. The van der Waals surface area contributed by atoms with Crippen LogP contribution in [-0.4, -0.2) is 18.1 Å². The van der Waals surface area contributed by atoms with Gasteiger partial charge in [0.25, 0.3) is 0 Å². The second-order valence-corrected chi connectivity index (χ2v) is 6.43. The summed E-state index contributed by atoms with van der Waals surface area (Å²) in [5.41, 5.74) is 3.80. The van der Waals surface area contributed by atoms with E-state index in [2.05, 4.69) is 48.0 Å². The molecule has 3 heteroatoms. The van der Waals surface area contributed by atoms with E-state index in [0.717, 1.165) is 24.3 Å². The van der Waals surface area contributed by atoms with Crippen molar-refractivity contribution >= 4 is 28.2 Å². The molecule has 1 fully saturated rings. The Hall–Kier alpha value is -1.28. The van der Waals surface area contributed by atoms with E-state index in [0.29, 0.717) is 11.3 Å². The van der Waals surface area contributed by atoms with Crippen molar-refractivity contribution in [3.8, 4) is 0 Å². The van der Waals surface area contributed by atoms with Crippen LogP contribution in [-0.2, 0) is 5.88 Å². The normalized spacial score (nSPS) is 17.6. The third-order valence-electron chi connectivity index (χ3n) is 5.16. The molecule has 0 bridgehead atoms. The van der Waals surface area contributed by atoms with Gasteiger partial charge in [-0.15, -0.1) is 11.6 Å². The number of nitrogens with zero attached hydrogens (tertiary/aromatic N) is 2. The van der Waals surface area contributed by atoms with Crippen LogP contribution in [0.3, 0.4) is 0 Å². The Balaban J connectivity index is 2.04. The number of rotatable bonds is 4. The minimum Gasteiger partial charge on any atom is -0.370 e. The molecular formula is C18H23ClN2. The van der Waals surface area contributed by atoms with Crippen LogP contribution in [0.2, 0.25) is 0 Å². The fourth-order valence-electron chi connectivity index (χ4n) is 3.51. The zero-order valence-electron chi connectivity index (χ0n) is 12.9. The summed E-state index contributed by atoms with van der Waals surface area (Å²) in [4.78, 5) is 7.18. The van der Waals surface area contributed by atoms with Gasteiger partial charge in [0.2, 0.25) is 0 Å². The summed E-state index contributed by atoms with van der Waals surface area (Å²) in [6.45, 7) is 6.93. The lowest BCUT2D eigenvalue weighted by molar-refractivity contribution is 0.301. The first-order valence-corrected chi connectivity index (χ1v) is 8.44. The third-order valence-corrected chi connectivity index (χ3v) is 5.44. The van der Waals surface area contributed by atoms with E-state index >= 15 is 0 Å². The Morgan fingerprint density at radius 1 is 1.24 bits per heavy atom. The zero-order valence-corrected chi connectivity index (χ0v) is 13.7. The van der Waals surface area contributed by atoms with Crippen LogP contribution in [0.4, 0.5) is 5.69 Å². The highest BCUT2D eigenvalue weighted by molar-refractivity contribution is 6.17. The molecule has 0 unspecified atom stereocenters. The summed E-state index contributed by atoms with van der Waals surface area (Å²) >= 11 is 6.04. The van der Waals surface area contributed by atoms with Gasteiger partial charge in [-0.25, -0.2) is 0 Å². The lowest BCUT2D eigenvalue weighted by Crippen LogP contribution is -2.26. The molecule has 0 aliphatic carbocycles. The monoisotopic (exact) mass is 302 g/mol. The van der Waals surface area contributed by atoms with Crippen LogP contribution in [0.25, 0.3) is 10.9 Å². The highest BCUT2D eigenvalue weighted by Crippen LogP contribution is 2.40. The third kappa shape index (κ3) is 2.62. The van der Waals surface area contributed by atoms with Crippen LogP contribution < -0.4 is 4.90 Å². The van der Waals surface area contributed by atoms with E-state index in [1.54, 1.807) is 0 Å². The number of halogens is 1. The molecule has 2 nitrogen and oxygen atoms in total. The number of benzene rings is 1. The predicted molar refractivity (Wildman–Crippen MR) is 91.1 cm³/mol. The summed E-state index contributed by atoms with van der Waals surface area (Å²) in [5, 5.41) is 1.24.